The van der Waals surface area contributed by atoms with Crippen LogP contribution in [0.1, 0.15) is 0 Å². The molecule has 234 valence electrons. The Morgan fingerprint density at radius 1 is 0.340 bits per heavy atom. The lowest BCUT2D eigenvalue weighted by atomic mass is 9.99. The summed E-state index contributed by atoms with van der Waals surface area (Å²) in [6, 6.07) is 61.5. The Balaban J connectivity index is 1.31. The molecular formula is C45H29N5. The summed E-state index contributed by atoms with van der Waals surface area (Å²) in [6.07, 6.45) is 0. The molecule has 0 bridgehead atoms. The first-order chi connectivity index (χ1) is 24.8. The zero-order valence-electron chi connectivity index (χ0n) is 27.0. The van der Waals surface area contributed by atoms with Crippen LogP contribution in [0.5, 0.6) is 0 Å². The molecular weight excluding hydrogens is 611 g/mol. The van der Waals surface area contributed by atoms with Crippen LogP contribution < -0.4 is 4.90 Å². The molecule has 50 heavy (non-hydrogen) atoms. The molecule has 3 heterocycles. The van der Waals surface area contributed by atoms with Gasteiger partial charge in [0.25, 0.3) is 0 Å². The molecule has 0 aliphatic carbocycles. The van der Waals surface area contributed by atoms with Crippen molar-refractivity contribution < 1.29 is 0 Å². The molecule has 1 aliphatic heterocycles. The molecule has 5 nitrogen and oxygen atoms in total. The van der Waals surface area contributed by atoms with E-state index < -0.39 is 0 Å². The van der Waals surface area contributed by atoms with E-state index in [0.29, 0.717) is 17.6 Å². The van der Waals surface area contributed by atoms with Gasteiger partial charge in [0, 0.05) is 21.9 Å². The Labute approximate surface area is 289 Å². The highest BCUT2D eigenvalue weighted by molar-refractivity contribution is 6.18. The molecule has 0 fully saturated rings. The number of anilines is 3. The molecule has 0 amide bonds. The predicted molar refractivity (Wildman–Crippen MR) is 204 cm³/mol. The minimum atomic E-state index is 0.568. The van der Waals surface area contributed by atoms with Gasteiger partial charge in [0.1, 0.15) is 0 Å². The predicted octanol–water partition coefficient (Wildman–Crippen LogP) is 11.4. The fourth-order valence-electron chi connectivity index (χ4n) is 7.24. The van der Waals surface area contributed by atoms with E-state index in [1.165, 1.54) is 21.9 Å². The lowest BCUT2D eigenvalue weighted by Crippen LogP contribution is -2.21. The first-order valence-electron chi connectivity index (χ1n) is 16.8. The van der Waals surface area contributed by atoms with E-state index in [2.05, 4.69) is 149 Å². The highest BCUT2D eigenvalue weighted by Crippen LogP contribution is 2.51. The van der Waals surface area contributed by atoms with Crippen LogP contribution >= 0.6 is 0 Å². The second kappa shape index (κ2) is 11.4. The van der Waals surface area contributed by atoms with E-state index in [4.69, 9.17) is 15.0 Å². The third-order valence-corrected chi connectivity index (χ3v) is 9.55. The lowest BCUT2D eigenvalue weighted by molar-refractivity contribution is 1.00. The largest absolute Gasteiger partial charge is 0.305 e. The van der Waals surface area contributed by atoms with Gasteiger partial charge in [0.2, 0.25) is 5.95 Å². The summed E-state index contributed by atoms with van der Waals surface area (Å²) in [4.78, 5) is 17.7. The Morgan fingerprint density at radius 3 is 1.44 bits per heavy atom. The van der Waals surface area contributed by atoms with Crippen molar-refractivity contribution in [1.29, 1.82) is 0 Å². The first kappa shape index (κ1) is 28.2. The molecule has 5 heteroatoms. The second-order valence-electron chi connectivity index (χ2n) is 12.5. The normalized spacial score (nSPS) is 12.0. The maximum absolute atomic E-state index is 5.22. The maximum atomic E-state index is 5.22. The highest BCUT2D eigenvalue weighted by Gasteiger charge is 2.31. The fourth-order valence-corrected chi connectivity index (χ4v) is 7.24. The number of fused-ring (bicyclic) bond motifs is 5. The average molecular weight is 640 g/mol. The van der Waals surface area contributed by atoms with E-state index >= 15 is 0 Å². The van der Waals surface area contributed by atoms with Crippen LogP contribution in [0.15, 0.2) is 176 Å². The second-order valence-corrected chi connectivity index (χ2v) is 12.5. The molecule has 2 aromatic heterocycles. The van der Waals surface area contributed by atoms with Crippen LogP contribution in [0.4, 0.5) is 17.3 Å². The Kier molecular flexibility index (Phi) is 6.42. The Hall–Kier alpha value is -6.85. The topological polar surface area (TPSA) is 46.8 Å². The van der Waals surface area contributed by atoms with Crippen molar-refractivity contribution >= 4 is 39.1 Å². The van der Waals surface area contributed by atoms with E-state index in [0.717, 1.165) is 50.3 Å². The Morgan fingerprint density at radius 2 is 0.840 bits per heavy atom. The zero-order valence-corrected chi connectivity index (χ0v) is 27.0. The van der Waals surface area contributed by atoms with Crippen molar-refractivity contribution in [1.82, 2.24) is 19.5 Å². The van der Waals surface area contributed by atoms with Crippen molar-refractivity contribution in [2.45, 2.75) is 0 Å². The van der Waals surface area contributed by atoms with E-state index in [1.807, 2.05) is 36.4 Å². The van der Waals surface area contributed by atoms with Crippen LogP contribution in [-0.4, -0.2) is 19.5 Å². The maximum Gasteiger partial charge on any atom is 0.238 e. The quantitative estimate of drug-likeness (QED) is 0.188. The number of benzene rings is 7. The molecule has 0 radical (unpaired) electrons. The molecule has 0 saturated carbocycles. The monoisotopic (exact) mass is 639 g/mol. The van der Waals surface area contributed by atoms with Crippen LogP contribution in [0.2, 0.25) is 0 Å². The molecule has 0 N–H and O–H groups in total. The van der Waals surface area contributed by atoms with E-state index in [1.54, 1.807) is 0 Å². The summed E-state index contributed by atoms with van der Waals surface area (Å²) < 4.78 is 2.41. The number of aromatic nitrogens is 4. The fraction of sp³-hybridized carbons (Fsp3) is 0. The summed E-state index contributed by atoms with van der Waals surface area (Å²) in [5.41, 5.74) is 11.9. The van der Waals surface area contributed by atoms with Crippen LogP contribution in [0, 0.1) is 0 Å². The van der Waals surface area contributed by atoms with Gasteiger partial charge in [-0.05, 0) is 58.7 Å². The van der Waals surface area contributed by atoms with Crippen LogP contribution in [0.3, 0.4) is 0 Å². The average Bonchev–Trinajstić information content (AvgIpc) is 3.53. The molecule has 7 aromatic carbocycles. The molecule has 10 rings (SSSR count). The van der Waals surface area contributed by atoms with Crippen molar-refractivity contribution in [3.8, 4) is 50.7 Å². The van der Waals surface area contributed by atoms with Crippen molar-refractivity contribution in [2.24, 2.45) is 0 Å². The molecule has 0 spiro atoms. The van der Waals surface area contributed by atoms with Gasteiger partial charge >= 0.3 is 0 Å². The van der Waals surface area contributed by atoms with E-state index in [-0.39, 0.29) is 0 Å². The smallest absolute Gasteiger partial charge is 0.238 e. The van der Waals surface area contributed by atoms with Gasteiger partial charge in [-0.3, -0.25) is 4.90 Å². The van der Waals surface area contributed by atoms with Crippen molar-refractivity contribution in [3.05, 3.63) is 176 Å². The van der Waals surface area contributed by atoms with Gasteiger partial charge in [-0.15, -0.1) is 0 Å². The third kappa shape index (κ3) is 4.52. The molecule has 0 saturated heterocycles. The number of para-hydroxylation sites is 2. The standard InChI is InChI=1S/C45H29N5/c1-5-15-30(16-6-1)34-25-26-38-36(27-34)37-28-35(31-17-7-2-8-18-31)29-41-42(37)49(38)39-23-13-14-24-40(39)50(41)45-47-43(32-19-9-3-10-20-32)46-44(48-45)33-21-11-4-12-22-33/h1-29H. The lowest BCUT2D eigenvalue weighted by Gasteiger charge is -2.32. The molecule has 1 aliphatic rings. The minimum absolute atomic E-state index is 0.568. The van der Waals surface area contributed by atoms with Gasteiger partial charge in [-0.1, -0.05) is 140 Å². The van der Waals surface area contributed by atoms with Gasteiger partial charge in [0.05, 0.1) is 28.1 Å². The number of rotatable bonds is 5. The summed E-state index contributed by atoms with van der Waals surface area (Å²) >= 11 is 0. The van der Waals surface area contributed by atoms with Crippen LogP contribution in [-0.2, 0) is 0 Å². The van der Waals surface area contributed by atoms with Crippen molar-refractivity contribution in [3.63, 3.8) is 0 Å². The number of hydrogen-bond donors (Lipinski definition) is 0. The zero-order chi connectivity index (χ0) is 33.0. The SMILES string of the molecule is c1ccc(-c2ccc3c(c2)c2cc(-c4ccccc4)cc4c2n3-c2ccccc2N4c2nc(-c3ccccc3)nc(-c3ccccc3)n2)cc1. The first-order valence-corrected chi connectivity index (χ1v) is 16.8. The van der Waals surface area contributed by atoms with Gasteiger partial charge in [0.15, 0.2) is 11.6 Å². The Bertz CT molecular complexity index is 2630. The molecule has 9 aromatic rings. The minimum Gasteiger partial charge on any atom is -0.305 e. The summed E-state index contributed by atoms with van der Waals surface area (Å²) in [5.74, 6) is 1.82. The summed E-state index contributed by atoms with van der Waals surface area (Å²) in [7, 11) is 0. The van der Waals surface area contributed by atoms with Crippen molar-refractivity contribution in [2.75, 3.05) is 4.90 Å². The van der Waals surface area contributed by atoms with Gasteiger partial charge < -0.3 is 4.57 Å². The number of nitrogens with zero attached hydrogens (tertiary/aromatic N) is 5. The van der Waals surface area contributed by atoms with Gasteiger partial charge in [-0.2, -0.15) is 9.97 Å². The van der Waals surface area contributed by atoms with Gasteiger partial charge in [-0.25, -0.2) is 4.98 Å². The van der Waals surface area contributed by atoms with Crippen LogP contribution in [0.25, 0.3) is 72.5 Å². The summed E-state index contributed by atoms with van der Waals surface area (Å²) in [5, 5.41) is 2.37. The van der Waals surface area contributed by atoms with E-state index in [9.17, 15) is 0 Å². The molecule has 0 unspecified atom stereocenters. The number of hydrogen-bond acceptors (Lipinski definition) is 4. The highest BCUT2D eigenvalue weighted by atomic mass is 15.3. The summed E-state index contributed by atoms with van der Waals surface area (Å²) in [6.45, 7) is 0. The molecule has 0 atom stereocenters. The third-order valence-electron chi connectivity index (χ3n) is 9.55.